The van der Waals surface area contributed by atoms with Crippen LogP contribution in [0.2, 0.25) is 0 Å². The zero-order valence-corrected chi connectivity index (χ0v) is 11.3. The van der Waals surface area contributed by atoms with Gasteiger partial charge in [0.25, 0.3) is 5.69 Å². The van der Waals surface area contributed by atoms with Gasteiger partial charge in [0.05, 0.1) is 10.5 Å². The number of hydrogen-bond acceptors (Lipinski definition) is 5. The Balaban J connectivity index is 0.000000621. The quantitative estimate of drug-likeness (QED) is 0.566. The number of nitrogens with zero attached hydrogens (tertiary/aromatic N) is 1. The van der Waals surface area contributed by atoms with E-state index in [1.807, 2.05) is 20.8 Å². The van der Waals surface area contributed by atoms with Crippen molar-refractivity contribution in [2.45, 2.75) is 26.3 Å². The number of carboxylic acid groups (broad SMARTS) is 2. The van der Waals surface area contributed by atoms with Crippen molar-refractivity contribution >= 4 is 17.6 Å². The van der Waals surface area contributed by atoms with Gasteiger partial charge in [-0.3, -0.25) is 10.1 Å². The molecule has 0 atom stereocenters. The van der Waals surface area contributed by atoms with Crippen molar-refractivity contribution in [2.75, 3.05) is 0 Å². The highest BCUT2D eigenvalue weighted by molar-refractivity contribution is 6.04. The fourth-order valence-corrected chi connectivity index (χ4v) is 1.10. The van der Waals surface area contributed by atoms with Gasteiger partial charge in [-0.25, -0.2) is 9.59 Å². The van der Waals surface area contributed by atoms with Crippen LogP contribution in [0, 0.1) is 10.1 Å². The molecule has 0 bridgehead atoms. The van der Waals surface area contributed by atoms with Gasteiger partial charge in [0.1, 0.15) is 0 Å². The molecule has 1 aromatic carbocycles. The highest BCUT2D eigenvalue weighted by Gasteiger charge is 2.26. The molecule has 0 radical (unpaired) electrons. The van der Waals surface area contributed by atoms with E-state index in [2.05, 4.69) is 0 Å². The molecule has 0 amide bonds. The average molecular weight is 284 g/mol. The predicted octanol–water partition coefficient (Wildman–Crippen LogP) is 1.73. The van der Waals surface area contributed by atoms with Crippen LogP contribution in [-0.4, -0.2) is 32.6 Å². The molecular formula is C12H16N2O6. The topological polar surface area (TPSA) is 144 Å². The fourth-order valence-electron chi connectivity index (χ4n) is 1.10. The molecule has 0 saturated heterocycles. The lowest BCUT2D eigenvalue weighted by Crippen LogP contribution is -2.26. The summed E-state index contributed by atoms with van der Waals surface area (Å²) in [6.45, 7) is 5.90. The first-order chi connectivity index (χ1) is 8.95. The van der Waals surface area contributed by atoms with Crippen molar-refractivity contribution in [2.24, 2.45) is 5.73 Å². The molecule has 0 unspecified atom stereocenters. The Morgan fingerprint density at radius 2 is 1.65 bits per heavy atom. The van der Waals surface area contributed by atoms with Gasteiger partial charge < -0.3 is 15.9 Å². The molecule has 0 spiro atoms. The van der Waals surface area contributed by atoms with Gasteiger partial charge in [-0.2, -0.15) is 0 Å². The monoisotopic (exact) mass is 284 g/mol. The summed E-state index contributed by atoms with van der Waals surface area (Å²) in [6, 6.07) is 3.06. The first-order valence-electron chi connectivity index (χ1n) is 5.48. The van der Waals surface area contributed by atoms with Crippen molar-refractivity contribution in [3.63, 3.8) is 0 Å². The molecule has 0 aliphatic heterocycles. The molecule has 4 N–H and O–H groups in total. The molecule has 0 aliphatic rings. The number of carboxylic acids is 2. The molecule has 1 aromatic rings. The first-order valence-corrected chi connectivity index (χ1v) is 5.48. The largest absolute Gasteiger partial charge is 0.478 e. The standard InChI is InChI=1S/C8H5NO6.C4H11N/c10-7(11)4-2-1-3-5(9(14)15)6(4)8(12)13;1-4(2,3)5/h1-3H,(H,10,11)(H,12,13);5H2,1-3H3. The smallest absolute Gasteiger partial charge is 0.343 e. The van der Waals surface area contributed by atoms with Gasteiger partial charge in [0.15, 0.2) is 5.56 Å². The van der Waals surface area contributed by atoms with Gasteiger partial charge in [-0.1, -0.05) is 6.07 Å². The van der Waals surface area contributed by atoms with E-state index in [0.29, 0.717) is 0 Å². The second-order valence-electron chi connectivity index (χ2n) is 4.93. The van der Waals surface area contributed by atoms with Crippen LogP contribution >= 0.6 is 0 Å². The number of nitro benzene ring substituents is 1. The minimum Gasteiger partial charge on any atom is -0.478 e. The molecule has 0 fully saturated rings. The Bertz CT molecular complexity index is 495. The molecular weight excluding hydrogens is 268 g/mol. The summed E-state index contributed by atoms with van der Waals surface area (Å²) in [6.07, 6.45) is 0. The highest BCUT2D eigenvalue weighted by atomic mass is 16.6. The number of rotatable bonds is 3. The van der Waals surface area contributed by atoms with E-state index in [1.54, 1.807) is 0 Å². The van der Waals surface area contributed by atoms with E-state index in [0.717, 1.165) is 18.2 Å². The fraction of sp³-hybridized carbons (Fsp3) is 0.333. The number of carbonyl (C=O) groups is 2. The maximum absolute atomic E-state index is 10.7. The molecule has 8 heteroatoms. The summed E-state index contributed by atoms with van der Waals surface area (Å²) in [5.74, 6) is -3.16. The Hall–Kier alpha value is -2.48. The second-order valence-corrected chi connectivity index (χ2v) is 4.93. The minimum atomic E-state index is -1.64. The average Bonchev–Trinajstić information content (AvgIpc) is 2.25. The van der Waals surface area contributed by atoms with Crippen molar-refractivity contribution in [1.82, 2.24) is 0 Å². The minimum absolute atomic E-state index is 0. The normalized spacial score (nSPS) is 10.2. The molecule has 1 rings (SSSR count). The van der Waals surface area contributed by atoms with Crippen LogP contribution in [-0.2, 0) is 0 Å². The van der Waals surface area contributed by atoms with E-state index >= 15 is 0 Å². The molecule has 0 heterocycles. The number of hydrogen-bond donors (Lipinski definition) is 3. The zero-order chi connectivity index (χ0) is 16.1. The zero-order valence-electron chi connectivity index (χ0n) is 11.3. The molecule has 110 valence electrons. The van der Waals surface area contributed by atoms with Crippen molar-refractivity contribution in [3.05, 3.63) is 39.4 Å². The molecule has 20 heavy (non-hydrogen) atoms. The van der Waals surface area contributed by atoms with Gasteiger partial charge >= 0.3 is 11.9 Å². The summed E-state index contributed by atoms with van der Waals surface area (Å²) < 4.78 is 0. The maximum atomic E-state index is 10.7. The molecule has 0 aromatic heterocycles. The Morgan fingerprint density at radius 1 is 1.20 bits per heavy atom. The van der Waals surface area contributed by atoms with Gasteiger partial charge in [0, 0.05) is 11.6 Å². The lowest BCUT2D eigenvalue weighted by atomic mass is 10.1. The van der Waals surface area contributed by atoms with E-state index in [9.17, 15) is 19.7 Å². The van der Waals surface area contributed by atoms with Crippen LogP contribution in [0.1, 0.15) is 41.5 Å². The van der Waals surface area contributed by atoms with Gasteiger partial charge in [-0.05, 0) is 26.8 Å². The Morgan fingerprint density at radius 3 is 1.95 bits per heavy atom. The van der Waals surface area contributed by atoms with Crippen molar-refractivity contribution in [3.8, 4) is 0 Å². The van der Waals surface area contributed by atoms with E-state index in [4.69, 9.17) is 15.9 Å². The lowest BCUT2D eigenvalue weighted by molar-refractivity contribution is -0.385. The van der Waals surface area contributed by atoms with Crippen LogP contribution in [0.25, 0.3) is 0 Å². The molecule has 0 aliphatic carbocycles. The Labute approximate surface area is 115 Å². The summed E-state index contributed by atoms with van der Waals surface area (Å²) >= 11 is 0. The van der Waals surface area contributed by atoms with E-state index in [1.165, 1.54) is 0 Å². The second kappa shape index (κ2) is 6.62. The van der Waals surface area contributed by atoms with Gasteiger partial charge in [0.2, 0.25) is 0 Å². The number of nitro groups is 1. The Kier molecular flexibility index (Phi) is 5.80. The van der Waals surface area contributed by atoms with Crippen LogP contribution < -0.4 is 5.73 Å². The van der Waals surface area contributed by atoms with Crippen LogP contribution in [0.3, 0.4) is 0 Å². The van der Waals surface area contributed by atoms with Crippen LogP contribution in [0.5, 0.6) is 0 Å². The van der Waals surface area contributed by atoms with Crippen molar-refractivity contribution < 1.29 is 24.7 Å². The van der Waals surface area contributed by atoms with Gasteiger partial charge in [-0.15, -0.1) is 0 Å². The summed E-state index contributed by atoms with van der Waals surface area (Å²) in [7, 11) is 0. The maximum Gasteiger partial charge on any atom is 0.343 e. The van der Waals surface area contributed by atoms with Crippen LogP contribution in [0.4, 0.5) is 5.69 Å². The highest BCUT2D eigenvalue weighted by Crippen LogP contribution is 2.22. The third-order valence-electron chi connectivity index (χ3n) is 1.68. The molecule has 8 nitrogen and oxygen atoms in total. The first kappa shape index (κ1) is 17.5. The molecule has 0 saturated carbocycles. The number of aromatic carboxylic acids is 2. The van der Waals surface area contributed by atoms with E-state index < -0.39 is 33.7 Å². The van der Waals surface area contributed by atoms with Crippen LogP contribution in [0.15, 0.2) is 18.2 Å². The summed E-state index contributed by atoms with van der Waals surface area (Å²) in [4.78, 5) is 30.8. The van der Waals surface area contributed by atoms with Crippen molar-refractivity contribution in [1.29, 1.82) is 0 Å². The summed E-state index contributed by atoms with van der Waals surface area (Å²) in [5, 5.41) is 27.8. The predicted molar refractivity (Wildman–Crippen MR) is 71.0 cm³/mol. The number of nitrogens with two attached hydrogens (primary N) is 1. The third kappa shape index (κ3) is 5.91. The summed E-state index contributed by atoms with van der Waals surface area (Å²) in [5.41, 5.74) is 3.21. The van der Waals surface area contributed by atoms with E-state index in [-0.39, 0.29) is 5.54 Å². The third-order valence-corrected chi connectivity index (χ3v) is 1.68. The lowest BCUT2D eigenvalue weighted by Gasteiger charge is -2.06. The SMILES string of the molecule is CC(C)(C)N.O=C(O)c1cccc([N+](=O)[O-])c1C(=O)O. The number of benzene rings is 1.